The molecule has 2 aliphatic rings. The van der Waals surface area contributed by atoms with Crippen molar-refractivity contribution in [2.45, 2.75) is 45.4 Å². The highest BCUT2D eigenvalue weighted by Gasteiger charge is 2.36. The van der Waals surface area contributed by atoms with Crippen molar-refractivity contribution < 1.29 is 14.1 Å². The van der Waals surface area contributed by atoms with Crippen LogP contribution in [-0.2, 0) is 14.1 Å². The van der Waals surface area contributed by atoms with Crippen molar-refractivity contribution in [3.05, 3.63) is 10.9 Å². The van der Waals surface area contributed by atoms with Crippen LogP contribution < -0.4 is 0 Å². The van der Waals surface area contributed by atoms with Crippen LogP contribution in [0.15, 0.2) is 10.9 Å². The number of carbonyl (C=O) groups is 1. The van der Waals surface area contributed by atoms with Gasteiger partial charge in [0.15, 0.2) is 0 Å². The van der Waals surface area contributed by atoms with Crippen LogP contribution >= 0.6 is 28.3 Å². The molecule has 0 aromatic rings. The van der Waals surface area contributed by atoms with Crippen LogP contribution in [0.1, 0.15) is 45.4 Å². The Morgan fingerprint density at radius 1 is 1.21 bits per heavy atom. The maximum Gasteiger partial charge on any atom is 0.310 e. The first-order valence-corrected chi connectivity index (χ1v) is 11.8. The van der Waals surface area contributed by atoms with Crippen molar-refractivity contribution >= 4 is 34.3 Å². The van der Waals surface area contributed by atoms with Crippen molar-refractivity contribution in [2.75, 3.05) is 18.1 Å². The Hall–Kier alpha value is 0.140. The van der Waals surface area contributed by atoms with E-state index < -0.39 is 5.55 Å². The molecule has 0 aromatic carbocycles. The fourth-order valence-electron chi connectivity index (χ4n) is 2.54. The Bertz CT molecular complexity index is 402. The molecule has 1 heterocycles. The molecule has 1 aliphatic carbocycles. The van der Waals surface area contributed by atoms with E-state index in [9.17, 15) is 9.36 Å². The van der Waals surface area contributed by atoms with E-state index in [1.54, 1.807) is 22.8 Å². The lowest BCUT2D eigenvalue weighted by atomic mass is 9.94. The molecule has 1 saturated carbocycles. The number of hydrogen-bond donors (Lipinski definition) is 0. The first kappa shape index (κ1) is 15.5. The molecule has 0 amide bonds. The van der Waals surface area contributed by atoms with Gasteiger partial charge in [0.05, 0.1) is 13.0 Å². The van der Waals surface area contributed by atoms with Crippen LogP contribution in [0, 0.1) is 0 Å². The zero-order valence-corrected chi connectivity index (χ0v) is 13.9. The van der Waals surface area contributed by atoms with Gasteiger partial charge in [-0.05, 0) is 32.6 Å². The van der Waals surface area contributed by atoms with Crippen molar-refractivity contribution in [2.24, 2.45) is 0 Å². The summed E-state index contributed by atoms with van der Waals surface area (Å²) in [4.78, 5) is 11.8. The van der Waals surface area contributed by atoms with Crippen LogP contribution in [0.4, 0.5) is 0 Å². The molecule has 0 unspecified atom stereocenters. The van der Waals surface area contributed by atoms with Crippen molar-refractivity contribution in [1.82, 2.24) is 0 Å². The second-order valence-corrected chi connectivity index (χ2v) is 13.0. The van der Waals surface area contributed by atoms with Gasteiger partial charge in [0.25, 0.3) is 0 Å². The van der Waals surface area contributed by atoms with E-state index in [4.69, 9.17) is 4.74 Å². The second kappa shape index (κ2) is 7.24. The molecule has 0 spiro atoms. The summed E-state index contributed by atoms with van der Waals surface area (Å²) in [5.41, 5.74) is -1.13. The Morgan fingerprint density at radius 3 is 2.42 bits per heavy atom. The zero-order valence-electron chi connectivity index (χ0n) is 11.4. The van der Waals surface area contributed by atoms with Crippen molar-refractivity contribution in [3.8, 4) is 0 Å². The summed E-state index contributed by atoms with van der Waals surface area (Å²) in [6.45, 7) is 2.21. The minimum atomic E-state index is -2.41. The Morgan fingerprint density at radius 2 is 1.84 bits per heavy atom. The van der Waals surface area contributed by atoms with E-state index >= 15 is 0 Å². The van der Waals surface area contributed by atoms with Crippen LogP contribution in [0.25, 0.3) is 0 Å². The van der Waals surface area contributed by atoms with Gasteiger partial charge in [-0.2, -0.15) is 0 Å². The molecule has 0 aromatic heterocycles. The average molecular weight is 320 g/mol. The maximum absolute atomic E-state index is 13.0. The first-order valence-electron chi connectivity index (χ1n) is 6.92. The predicted octanol–water partition coefficient (Wildman–Crippen LogP) is 4.83. The average Bonchev–Trinajstić information content (AvgIpc) is 2.85. The van der Waals surface area contributed by atoms with E-state index in [1.807, 2.05) is 6.92 Å². The molecule has 0 bridgehead atoms. The third-order valence-electron chi connectivity index (χ3n) is 3.42. The molecule has 19 heavy (non-hydrogen) atoms. The largest absolute Gasteiger partial charge is 0.466 e. The highest BCUT2D eigenvalue weighted by Crippen LogP contribution is 2.79. The molecule has 3 nitrogen and oxygen atoms in total. The number of allylic oxidation sites excluding steroid dienone is 1. The summed E-state index contributed by atoms with van der Waals surface area (Å²) in [5, 5.41) is 0.929. The molecule has 0 N–H and O–H groups in total. The minimum absolute atomic E-state index is 0.223. The Balaban J connectivity index is 2.22. The van der Waals surface area contributed by atoms with Gasteiger partial charge >= 0.3 is 5.97 Å². The molecule has 0 radical (unpaired) electrons. The monoisotopic (exact) mass is 320 g/mol. The number of ether oxygens (including phenoxy) is 1. The van der Waals surface area contributed by atoms with Crippen LogP contribution in [-0.4, -0.2) is 24.1 Å². The lowest BCUT2D eigenvalue weighted by Crippen LogP contribution is -2.07. The highest BCUT2D eigenvalue weighted by molar-refractivity contribution is 8.93. The van der Waals surface area contributed by atoms with Crippen LogP contribution in [0.5, 0.6) is 0 Å². The summed E-state index contributed by atoms with van der Waals surface area (Å²) >= 11 is 3.12. The number of carbonyl (C=O) groups excluding carboxylic acids is 1. The summed E-state index contributed by atoms with van der Waals surface area (Å²) in [5.74, 6) is 1.64. The molecular weight excluding hydrogens is 299 g/mol. The fourth-order valence-corrected chi connectivity index (χ4v) is 12.1. The maximum atomic E-state index is 13.0. The molecule has 6 heteroatoms. The molecule has 1 saturated heterocycles. The normalized spacial score (nSPS) is 22.3. The lowest BCUT2D eigenvalue weighted by Gasteiger charge is -2.22. The highest BCUT2D eigenvalue weighted by atomic mass is 33.1. The number of hydrogen-bond acceptors (Lipinski definition) is 5. The van der Waals surface area contributed by atoms with Gasteiger partial charge in [-0.15, -0.1) is 0 Å². The summed E-state index contributed by atoms with van der Waals surface area (Å²) in [6, 6.07) is 0. The zero-order chi connectivity index (χ0) is 13.7. The molecule has 0 atom stereocenters. The predicted molar refractivity (Wildman–Crippen MR) is 83.9 cm³/mol. The lowest BCUT2D eigenvalue weighted by molar-refractivity contribution is -0.142. The van der Waals surface area contributed by atoms with Gasteiger partial charge in [-0.1, -0.05) is 34.8 Å². The van der Waals surface area contributed by atoms with Gasteiger partial charge in [0, 0.05) is 16.8 Å². The Labute approximate surface area is 123 Å². The third-order valence-corrected chi connectivity index (χ3v) is 12.6. The molecule has 2 rings (SSSR count). The van der Waals surface area contributed by atoms with Crippen LogP contribution in [0.3, 0.4) is 0 Å². The number of rotatable bonds is 4. The second-order valence-electron chi connectivity index (χ2n) is 4.76. The Kier molecular flexibility index (Phi) is 5.91. The van der Waals surface area contributed by atoms with Gasteiger partial charge in [-0.3, -0.25) is 9.36 Å². The van der Waals surface area contributed by atoms with E-state index in [0.717, 1.165) is 42.5 Å². The fraction of sp³-hybridized carbons (Fsp3) is 0.769. The van der Waals surface area contributed by atoms with E-state index in [-0.39, 0.29) is 12.4 Å². The van der Waals surface area contributed by atoms with E-state index in [1.165, 1.54) is 12.0 Å². The summed E-state index contributed by atoms with van der Waals surface area (Å²) in [6.07, 6.45) is 5.84. The van der Waals surface area contributed by atoms with E-state index in [2.05, 4.69) is 0 Å². The van der Waals surface area contributed by atoms with Gasteiger partial charge in [0.2, 0.25) is 5.55 Å². The topological polar surface area (TPSA) is 43.4 Å². The summed E-state index contributed by atoms with van der Waals surface area (Å²) < 4.78 is 18.1. The molecular formula is C13H21O3PS2. The number of esters is 1. The minimum Gasteiger partial charge on any atom is -0.466 e. The van der Waals surface area contributed by atoms with E-state index in [0.29, 0.717) is 6.61 Å². The quantitative estimate of drug-likeness (QED) is 0.548. The van der Waals surface area contributed by atoms with Crippen molar-refractivity contribution in [1.29, 1.82) is 0 Å². The van der Waals surface area contributed by atoms with Crippen LogP contribution in [0.2, 0.25) is 0 Å². The van der Waals surface area contributed by atoms with Gasteiger partial charge in [0.1, 0.15) is 0 Å². The summed E-state index contributed by atoms with van der Waals surface area (Å²) in [7, 11) is 0. The first-order chi connectivity index (χ1) is 9.15. The standard InChI is InChI=1S/C13H21O3PS2/c1-2-16-13(14)10-12(11-6-4-3-5-7-11)17(15)18-8-9-19-17/h2-10H2,1H3. The van der Waals surface area contributed by atoms with Gasteiger partial charge < -0.3 is 4.74 Å². The smallest absolute Gasteiger partial charge is 0.310 e. The van der Waals surface area contributed by atoms with Crippen molar-refractivity contribution in [3.63, 3.8) is 0 Å². The molecule has 1 aliphatic heterocycles. The van der Waals surface area contributed by atoms with Gasteiger partial charge in [-0.25, -0.2) is 0 Å². The molecule has 2 fully saturated rings. The SMILES string of the molecule is CCOC(=O)CC(=C1CCCCC1)P1(=O)SCCS1. The molecule has 108 valence electrons. The third kappa shape index (κ3) is 4.05.